The maximum absolute atomic E-state index is 12.4. The Morgan fingerprint density at radius 2 is 1.88 bits per heavy atom. The summed E-state index contributed by atoms with van der Waals surface area (Å²) in [7, 11) is 3.47. The van der Waals surface area contributed by atoms with Crippen molar-refractivity contribution in [2.24, 2.45) is 0 Å². The van der Waals surface area contributed by atoms with Crippen molar-refractivity contribution >= 4 is 5.91 Å². The molecule has 1 aromatic carbocycles. The maximum Gasteiger partial charge on any atom is 0.416 e. The molecule has 0 radical (unpaired) electrons. The van der Waals surface area contributed by atoms with Gasteiger partial charge in [-0.25, -0.2) is 0 Å². The predicted molar refractivity (Wildman–Crippen MR) is 83.9 cm³/mol. The van der Waals surface area contributed by atoms with Gasteiger partial charge in [-0.2, -0.15) is 13.2 Å². The number of carbonyl (C=O) groups excluding carboxylic acids is 1. The molecule has 8 heteroatoms. The summed E-state index contributed by atoms with van der Waals surface area (Å²) in [4.78, 5) is 13.6. The third-order valence-corrected chi connectivity index (χ3v) is 3.18. The molecule has 0 aliphatic carbocycles. The molecular weight excluding hydrogens is 325 g/mol. The van der Waals surface area contributed by atoms with E-state index in [9.17, 15) is 18.0 Å². The molecule has 0 atom stereocenters. The quantitative estimate of drug-likeness (QED) is 0.659. The second-order valence-corrected chi connectivity index (χ2v) is 5.30. The third kappa shape index (κ3) is 8.16. The van der Waals surface area contributed by atoms with Crippen LogP contribution in [0, 0.1) is 0 Å². The van der Waals surface area contributed by atoms with Gasteiger partial charge in [0.05, 0.1) is 18.7 Å². The van der Waals surface area contributed by atoms with Crippen LogP contribution in [0.2, 0.25) is 0 Å². The first-order valence-corrected chi connectivity index (χ1v) is 7.57. The molecule has 0 aliphatic rings. The fraction of sp³-hybridized carbons (Fsp3) is 0.562. The zero-order valence-electron chi connectivity index (χ0n) is 13.9. The van der Waals surface area contributed by atoms with Crippen LogP contribution in [0.1, 0.15) is 12.0 Å². The first kappa shape index (κ1) is 20.2. The van der Waals surface area contributed by atoms with Crippen LogP contribution in [0.3, 0.4) is 0 Å². The monoisotopic (exact) mass is 348 g/mol. The molecule has 0 fully saturated rings. The van der Waals surface area contributed by atoms with E-state index in [1.807, 2.05) is 11.9 Å². The maximum atomic E-state index is 12.4. The molecule has 0 saturated carbocycles. The van der Waals surface area contributed by atoms with Gasteiger partial charge in [-0.1, -0.05) is 0 Å². The molecule has 1 aromatic rings. The Hall–Kier alpha value is -1.80. The predicted octanol–water partition coefficient (Wildman–Crippen LogP) is 2.17. The van der Waals surface area contributed by atoms with E-state index in [4.69, 9.17) is 9.47 Å². The van der Waals surface area contributed by atoms with Gasteiger partial charge in [0.15, 0.2) is 0 Å². The van der Waals surface area contributed by atoms with Gasteiger partial charge in [-0.05, 0) is 37.7 Å². The lowest BCUT2D eigenvalue weighted by atomic mass is 10.2. The Morgan fingerprint density at radius 1 is 1.21 bits per heavy atom. The van der Waals surface area contributed by atoms with Crippen molar-refractivity contribution < 1.29 is 27.4 Å². The summed E-state index contributed by atoms with van der Waals surface area (Å²) >= 11 is 0. The summed E-state index contributed by atoms with van der Waals surface area (Å²) in [6.07, 6.45) is -3.51. The minimum absolute atomic E-state index is 0.133. The first-order valence-electron chi connectivity index (χ1n) is 7.57. The lowest BCUT2D eigenvalue weighted by molar-refractivity contribution is -0.137. The molecule has 0 aromatic heterocycles. The molecule has 136 valence electrons. The highest BCUT2D eigenvalue weighted by Gasteiger charge is 2.29. The summed E-state index contributed by atoms with van der Waals surface area (Å²) in [5.41, 5.74) is -0.723. The van der Waals surface area contributed by atoms with Gasteiger partial charge in [-0.15, -0.1) is 0 Å². The van der Waals surface area contributed by atoms with Crippen molar-refractivity contribution in [3.8, 4) is 5.75 Å². The van der Waals surface area contributed by atoms with Crippen LogP contribution in [0.4, 0.5) is 13.2 Å². The number of likely N-dealkylation sites (N-methyl/N-ethyl adjacent to an activating group) is 1. The van der Waals surface area contributed by atoms with E-state index in [1.54, 1.807) is 7.11 Å². The average Bonchev–Trinajstić information content (AvgIpc) is 2.51. The van der Waals surface area contributed by atoms with Crippen molar-refractivity contribution in [3.05, 3.63) is 29.8 Å². The van der Waals surface area contributed by atoms with Gasteiger partial charge >= 0.3 is 6.18 Å². The summed E-state index contributed by atoms with van der Waals surface area (Å²) in [5.74, 6) is 0.194. The largest absolute Gasteiger partial charge is 0.492 e. The van der Waals surface area contributed by atoms with Crippen LogP contribution < -0.4 is 10.1 Å². The van der Waals surface area contributed by atoms with Crippen LogP contribution in [-0.2, 0) is 15.7 Å². The smallest absolute Gasteiger partial charge is 0.416 e. The van der Waals surface area contributed by atoms with E-state index in [0.29, 0.717) is 12.4 Å². The van der Waals surface area contributed by atoms with E-state index >= 15 is 0 Å². The Morgan fingerprint density at radius 3 is 2.46 bits per heavy atom. The molecule has 0 spiro atoms. The van der Waals surface area contributed by atoms with Crippen molar-refractivity contribution in [1.29, 1.82) is 0 Å². The highest BCUT2D eigenvalue weighted by molar-refractivity contribution is 5.77. The van der Waals surface area contributed by atoms with E-state index < -0.39 is 11.7 Å². The van der Waals surface area contributed by atoms with Crippen LogP contribution in [0.5, 0.6) is 5.75 Å². The summed E-state index contributed by atoms with van der Waals surface area (Å²) in [6.45, 7) is 2.14. The molecule has 24 heavy (non-hydrogen) atoms. The lowest BCUT2D eigenvalue weighted by Gasteiger charge is -2.16. The standard InChI is InChI=1S/C16H23F3N2O3/c1-21(9-3-10-23-2)12-15(22)20-8-11-24-14-6-4-13(5-7-14)16(17,18)19/h4-7H,3,8-12H2,1-2H3,(H,20,22). The van der Waals surface area contributed by atoms with Gasteiger partial charge < -0.3 is 14.8 Å². The van der Waals surface area contributed by atoms with Crippen molar-refractivity contribution in [2.45, 2.75) is 12.6 Å². The molecule has 0 saturated heterocycles. The van der Waals surface area contributed by atoms with Crippen LogP contribution in [0.25, 0.3) is 0 Å². The number of methoxy groups -OCH3 is 1. The zero-order valence-corrected chi connectivity index (χ0v) is 13.9. The zero-order chi connectivity index (χ0) is 18.0. The van der Waals surface area contributed by atoms with Gasteiger partial charge in [0, 0.05) is 20.3 Å². The van der Waals surface area contributed by atoms with Gasteiger partial charge in [0.2, 0.25) is 5.91 Å². The number of alkyl halides is 3. The number of carbonyl (C=O) groups is 1. The second-order valence-electron chi connectivity index (χ2n) is 5.30. The first-order chi connectivity index (χ1) is 11.3. The highest BCUT2D eigenvalue weighted by atomic mass is 19.4. The van der Waals surface area contributed by atoms with Crippen molar-refractivity contribution in [3.63, 3.8) is 0 Å². The fourth-order valence-electron chi connectivity index (χ4n) is 1.96. The average molecular weight is 348 g/mol. The number of nitrogens with one attached hydrogen (secondary N) is 1. The summed E-state index contributed by atoms with van der Waals surface area (Å²) in [5, 5.41) is 2.69. The van der Waals surface area contributed by atoms with Gasteiger partial charge in [0.25, 0.3) is 0 Å². The normalized spacial score (nSPS) is 11.6. The number of rotatable bonds is 10. The Balaban J connectivity index is 2.20. The number of nitrogens with zero attached hydrogens (tertiary/aromatic N) is 1. The number of hydrogen-bond donors (Lipinski definition) is 1. The van der Waals surface area contributed by atoms with Crippen LogP contribution >= 0.6 is 0 Å². The molecule has 1 N–H and O–H groups in total. The van der Waals surface area contributed by atoms with Gasteiger partial charge in [0.1, 0.15) is 12.4 Å². The SMILES string of the molecule is COCCCN(C)CC(=O)NCCOc1ccc(C(F)(F)F)cc1. The third-order valence-electron chi connectivity index (χ3n) is 3.18. The Bertz CT molecular complexity index is 492. The van der Waals surface area contributed by atoms with Crippen LogP contribution in [0.15, 0.2) is 24.3 Å². The Labute approximate surface area is 139 Å². The molecule has 5 nitrogen and oxygen atoms in total. The molecular formula is C16H23F3N2O3. The van der Waals surface area contributed by atoms with Crippen LogP contribution in [-0.4, -0.2) is 57.8 Å². The molecule has 0 unspecified atom stereocenters. The van der Waals surface area contributed by atoms with E-state index in [-0.39, 0.29) is 25.6 Å². The highest BCUT2D eigenvalue weighted by Crippen LogP contribution is 2.30. The molecule has 0 aliphatic heterocycles. The molecule has 0 bridgehead atoms. The molecule has 1 amide bonds. The Kier molecular flexibility index (Phi) is 8.56. The number of hydrogen-bond acceptors (Lipinski definition) is 4. The molecule has 0 heterocycles. The van der Waals surface area contributed by atoms with Crippen molar-refractivity contribution in [2.75, 3.05) is 47.0 Å². The number of halogens is 3. The van der Waals surface area contributed by atoms with Gasteiger partial charge in [-0.3, -0.25) is 9.69 Å². The molecule has 1 rings (SSSR count). The van der Waals surface area contributed by atoms with E-state index in [1.165, 1.54) is 12.1 Å². The second kappa shape index (κ2) is 10.1. The minimum atomic E-state index is -4.36. The van der Waals surface area contributed by atoms with Crippen molar-refractivity contribution in [1.82, 2.24) is 10.2 Å². The number of benzene rings is 1. The van der Waals surface area contributed by atoms with E-state index in [0.717, 1.165) is 25.1 Å². The van der Waals surface area contributed by atoms with E-state index in [2.05, 4.69) is 5.32 Å². The lowest BCUT2D eigenvalue weighted by Crippen LogP contribution is -2.37. The fourth-order valence-corrected chi connectivity index (χ4v) is 1.96. The minimum Gasteiger partial charge on any atom is -0.492 e. The number of amides is 1. The topological polar surface area (TPSA) is 50.8 Å². The number of ether oxygens (including phenoxy) is 2. The summed E-state index contributed by atoms with van der Waals surface area (Å²) in [6, 6.07) is 4.44. The summed E-state index contributed by atoms with van der Waals surface area (Å²) < 4.78 is 47.5.